The molecule has 4 fully saturated rings. The third-order valence-corrected chi connectivity index (χ3v) is 10.3. The number of ether oxygens (including phenoxy) is 1. The molecule has 10 heteroatoms. The highest BCUT2D eigenvalue weighted by Gasteiger charge is 2.49. The molecule has 4 aliphatic rings. The summed E-state index contributed by atoms with van der Waals surface area (Å²) in [4.78, 5) is 18.4. The summed E-state index contributed by atoms with van der Waals surface area (Å²) >= 11 is 6.39. The molecule has 0 spiro atoms. The van der Waals surface area contributed by atoms with Crippen molar-refractivity contribution in [3.8, 4) is 17.3 Å². The third-order valence-electron chi connectivity index (χ3n) is 9.97. The summed E-state index contributed by atoms with van der Waals surface area (Å²) in [5.74, 6) is 0.546. The number of fused-ring (bicyclic) bond motifs is 5. The van der Waals surface area contributed by atoms with Gasteiger partial charge >= 0.3 is 6.01 Å². The summed E-state index contributed by atoms with van der Waals surface area (Å²) in [6.07, 6.45) is 6.58. The number of anilines is 1. The van der Waals surface area contributed by atoms with Crippen LogP contribution < -0.4 is 9.64 Å². The largest absolute Gasteiger partial charge is 0.461 e. The molecule has 218 valence electrons. The SMILES string of the molecule is Fc1ccc2cccc(-c3ncc4c(N5CC6CCC(C6)C5)nc(OC[C@@]56CCCN5C[C@H](F)C6)nc4c3F)c2c1Cl. The lowest BCUT2D eigenvalue weighted by atomic mass is 9.95. The number of halogens is 4. The fourth-order valence-corrected chi connectivity index (χ4v) is 8.32. The number of alkyl halides is 1. The number of nitrogens with zero attached hydrogens (tertiary/aromatic N) is 5. The Balaban J connectivity index is 1.25. The van der Waals surface area contributed by atoms with Crippen LogP contribution in [0.1, 0.15) is 38.5 Å². The molecule has 2 aromatic carbocycles. The zero-order valence-corrected chi connectivity index (χ0v) is 23.9. The van der Waals surface area contributed by atoms with Gasteiger partial charge in [-0.1, -0.05) is 35.9 Å². The predicted octanol–water partition coefficient (Wildman–Crippen LogP) is 6.97. The molecule has 1 saturated carbocycles. The topological polar surface area (TPSA) is 54.4 Å². The highest BCUT2D eigenvalue weighted by molar-refractivity contribution is 6.36. The van der Waals surface area contributed by atoms with Crippen molar-refractivity contribution in [3.63, 3.8) is 0 Å². The van der Waals surface area contributed by atoms with Gasteiger partial charge < -0.3 is 9.64 Å². The second-order valence-electron chi connectivity index (χ2n) is 12.6. The fraction of sp³-hybridized carbons (Fsp3) is 0.469. The molecule has 2 bridgehead atoms. The van der Waals surface area contributed by atoms with Gasteiger partial charge in [-0.05, 0) is 61.9 Å². The molecular weight excluding hydrogens is 563 g/mol. The first-order chi connectivity index (χ1) is 20.4. The average Bonchev–Trinajstić information content (AvgIpc) is 3.64. The van der Waals surface area contributed by atoms with Crippen molar-refractivity contribution in [2.45, 2.75) is 50.2 Å². The maximum atomic E-state index is 16.6. The Morgan fingerprint density at radius 2 is 1.88 bits per heavy atom. The fourth-order valence-electron chi connectivity index (χ4n) is 8.05. The maximum Gasteiger partial charge on any atom is 0.319 e. The van der Waals surface area contributed by atoms with E-state index in [1.807, 2.05) is 0 Å². The van der Waals surface area contributed by atoms with E-state index in [9.17, 15) is 8.78 Å². The molecule has 2 unspecified atom stereocenters. The van der Waals surface area contributed by atoms with E-state index >= 15 is 4.39 Å². The van der Waals surface area contributed by atoms with Gasteiger partial charge in [0.2, 0.25) is 0 Å². The van der Waals surface area contributed by atoms with Gasteiger partial charge in [0, 0.05) is 43.2 Å². The van der Waals surface area contributed by atoms with Crippen LogP contribution in [-0.2, 0) is 0 Å². The van der Waals surface area contributed by atoms with E-state index in [-0.39, 0.29) is 34.4 Å². The number of aromatic nitrogens is 3. The van der Waals surface area contributed by atoms with Crippen LogP contribution in [0.4, 0.5) is 19.0 Å². The predicted molar refractivity (Wildman–Crippen MR) is 157 cm³/mol. The monoisotopic (exact) mass is 593 g/mol. The molecule has 8 rings (SSSR count). The number of hydrogen-bond acceptors (Lipinski definition) is 6. The minimum Gasteiger partial charge on any atom is -0.461 e. The Bertz CT molecular complexity index is 1710. The van der Waals surface area contributed by atoms with Gasteiger partial charge in [0.15, 0.2) is 5.82 Å². The average molecular weight is 594 g/mol. The first kappa shape index (κ1) is 26.5. The van der Waals surface area contributed by atoms with Gasteiger partial charge in [-0.3, -0.25) is 9.88 Å². The van der Waals surface area contributed by atoms with Gasteiger partial charge in [0.25, 0.3) is 0 Å². The Hall–Kier alpha value is -3.17. The summed E-state index contributed by atoms with van der Waals surface area (Å²) in [7, 11) is 0. The Kier molecular flexibility index (Phi) is 6.26. The molecule has 4 atom stereocenters. The van der Waals surface area contributed by atoms with E-state index in [2.05, 4.69) is 19.8 Å². The highest BCUT2D eigenvalue weighted by atomic mass is 35.5. The molecule has 2 aromatic heterocycles. The summed E-state index contributed by atoms with van der Waals surface area (Å²) in [6, 6.07) is 8.26. The number of rotatable bonds is 5. The standard InChI is InChI=1S/C32H31ClF3N5O/c33-26-24(35)8-7-20-3-1-4-22(25(20)26)28-27(36)29-23(13-37-28)30(40-14-18-5-6-19(11-18)15-40)39-31(38-29)42-17-32-9-2-10-41(32)16-21(34)12-32/h1,3-4,7-8,13,18-19,21H,2,5-6,9-12,14-17H2/t18?,19?,21-,32+/m1/s1. The molecule has 6 nitrogen and oxygen atoms in total. The number of benzene rings is 2. The summed E-state index contributed by atoms with van der Waals surface area (Å²) < 4.78 is 51.7. The summed E-state index contributed by atoms with van der Waals surface area (Å²) in [5, 5.41) is 1.50. The van der Waals surface area contributed by atoms with E-state index in [1.54, 1.807) is 30.5 Å². The number of hydrogen-bond donors (Lipinski definition) is 0. The van der Waals surface area contributed by atoms with Crippen molar-refractivity contribution < 1.29 is 17.9 Å². The van der Waals surface area contributed by atoms with Crippen LogP contribution in [0.25, 0.3) is 32.9 Å². The van der Waals surface area contributed by atoms with Gasteiger partial charge in [0.05, 0.1) is 15.9 Å². The van der Waals surface area contributed by atoms with Gasteiger partial charge in [0.1, 0.15) is 35.6 Å². The molecule has 1 aliphatic carbocycles. The normalized spacial score (nSPS) is 27.3. The van der Waals surface area contributed by atoms with Crippen LogP contribution in [0.2, 0.25) is 5.02 Å². The van der Waals surface area contributed by atoms with Crippen LogP contribution in [0.3, 0.4) is 0 Å². The third kappa shape index (κ3) is 4.22. The van der Waals surface area contributed by atoms with Crippen molar-refractivity contribution in [3.05, 3.63) is 53.2 Å². The van der Waals surface area contributed by atoms with Crippen molar-refractivity contribution in [2.24, 2.45) is 11.8 Å². The van der Waals surface area contributed by atoms with Crippen molar-refractivity contribution in [1.29, 1.82) is 0 Å². The van der Waals surface area contributed by atoms with Crippen LogP contribution in [0.15, 0.2) is 36.5 Å². The quantitative estimate of drug-likeness (QED) is 0.249. The van der Waals surface area contributed by atoms with Crippen LogP contribution in [0, 0.1) is 23.5 Å². The first-order valence-corrected chi connectivity index (χ1v) is 15.3. The number of pyridine rings is 1. The summed E-state index contributed by atoms with van der Waals surface area (Å²) in [6.45, 7) is 3.20. The number of piperidine rings is 1. The summed E-state index contributed by atoms with van der Waals surface area (Å²) in [5.41, 5.74) is 0.133. The molecule has 0 amide bonds. The lowest BCUT2D eigenvalue weighted by Gasteiger charge is -2.34. The molecule has 42 heavy (non-hydrogen) atoms. The highest BCUT2D eigenvalue weighted by Crippen LogP contribution is 2.43. The Morgan fingerprint density at radius 1 is 1.05 bits per heavy atom. The zero-order valence-electron chi connectivity index (χ0n) is 23.1. The van der Waals surface area contributed by atoms with E-state index in [0.717, 1.165) is 32.5 Å². The van der Waals surface area contributed by atoms with E-state index in [4.69, 9.17) is 21.3 Å². The van der Waals surface area contributed by atoms with E-state index in [1.165, 1.54) is 25.3 Å². The van der Waals surface area contributed by atoms with Crippen molar-refractivity contribution in [1.82, 2.24) is 19.9 Å². The van der Waals surface area contributed by atoms with Crippen molar-refractivity contribution >= 4 is 39.1 Å². The second-order valence-corrected chi connectivity index (χ2v) is 13.0. The van der Waals surface area contributed by atoms with Crippen LogP contribution in [0.5, 0.6) is 6.01 Å². The smallest absolute Gasteiger partial charge is 0.319 e. The van der Waals surface area contributed by atoms with E-state index < -0.39 is 17.8 Å². The molecule has 5 heterocycles. The van der Waals surface area contributed by atoms with Gasteiger partial charge in [-0.15, -0.1) is 0 Å². The maximum absolute atomic E-state index is 16.6. The molecule has 3 saturated heterocycles. The van der Waals surface area contributed by atoms with Gasteiger partial charge in [-0.2, -0.15) is 9.97 Å². The van der Waals surface area contributed by atoms with Crippen molar-refractivity contribution in [2.75, 3.05) is 37.7 Å². The molecule has 0 radical (unpaired) electrons. The second kappa shape index (κ2) is 9.95. The van der Waals surface area contributed by atoms with E-state index in [0.29, 0.717) is 52.3 Å². The molecular formula is C32H31ClF3N5O. The molecule has 0 N–H and O–H groups in total. The zero-order chi connectivity index (χ0) is 28.6. The minimum atomic E-state index is -0.880. The van der Waals surface area contributed by atoms with Crippen LogP contribution in [-0.4, -0.2) is 64.3 Å². The Labute approximate surface area is 246 Å². The lowest BCUT2D eigenvalue weighted by Crippen LogP contribution is -2.43. The molecule has 4 aromatic rings. The first-order valence-electron chi connectivity index (χ1n) is 14.9. The molecule has 3 aliphatic heterocycles. The van der Waals surface area contributed by atoms with Crippen LogP contribution >= 0.6 is 11.6 Å². The Morgan fingerprint density at radius 3 is 2.71 bits per heavy atom. The lowest BCUT2D eigenvalue weighted by molar-refractivity contribution is 0.107. The van der Waals surface area contributed by atoms with Gasteiger partial charge in [-0.25, -0.2) is 13.2 Å². The minimum absolute atomic E-state index is 0.0338.